The monoisotopic (exact) mass is 249 g/mol. The van der Waals surface area contributed by atoms with Crippen molar-refractivity contribution in [2.24, 2.45) is 11.8 Å². The highest BCUT2D eigenvalue weighted by Gasteiger charge is 2.26. The highest BCUT2D eigenvalue weighted by atomic mass is 19.1. The Morgan fingerprint density at radius 3 is 2.61 bits per heavy atom. The van der Waals surface area contributed by atoms with E-state index < -0.39 is 0 Å². The van der Waals surface area contributed by atoms with E-state index >= 15 is 0 Å². The standard InChI is InChI=1S/C16H24FN/c1-2-10-18-12-15-5-3-4-14(15)11-13-6-8-16(17)9-7-13/h6-9,14-15,18H,2-5,10-12H2,1H3. The fourth-order valence-corrected chi connectivity index (χ4v) is 3.04. The second-order valence-corrected chi connectivity index (χ2v) is 5.49. The SMILES string of the molecule is CCCNCC1CCCC1Cc1ccc(F)cc1. The van der Waals surface area contributed by atoms with Gasteiger partial charge in [-0.2, -0.15) is 0 Å². The normalized spacial score (nSPS) is 23.4. The van der Waals surface area contributed by atoms with E-state index in [0.717, 1.165) is 31.3 Å². The smallest absolute Gasteiger partial charge is 0.123 e. The van der Waals surface area contributed by atoms with Crippen LogP contribution in [0.1, 0.15) is 38.2 Å². The maximum Gasteiger partial charge on any atom is 0.123 e. The fraction of sp³-hybridized carbons (Fsp3) is 0.625. The van der Waals surface area contributed by atoms with E-state index in [1.54, 1.807) is 12.1 Å². The Hall–Kier alpha value is -0.890. The van der Waals surface area contributed by atoms with Crippen molar-refractivity contribution in [1.29, 1.82) is 0 Å². The summed E-state index contributed by atoms with van der Waals surface area (Å²) in [6.45, 7) is 4.48. The minimum atomic E-state index is -0.133. The van der Waals surface area contributed by atoms with Crippen LogP contribution in [-0.4, -0.2) is 13.1 Å². The van der Waals surface area contributed by atoms with Gasteiger partial charge < -0.3 is 5.32 Å². The molecule has 2 atom stereocenters. The summed E-state index contributed by atoms with van der Waals surface area (Å²) in [4.78, 5) is 0. The van der Waals surface area contributed by atoms with Crippen molar-refractivity contribution in [2.75, 3.05) is 13.1 Å². The second kappa shape index (κ2) is 6.89. The summed E-state index contributed by atoms with van der Waals surface area (Å²) in [5, 5.41) is 3.54. The van der Waals surface area contributed by atoms with Gasteiger partial charge in [0.25, 0.3) is 0 Å². The molecular formula is C16H24FN. The number of nitrogens with one attached hydrogen (secondary N) is 1. The van der Waals surface area contributed by atoms with Gasteiger partial charge in [0.2, 0.25) is 0 Å². The lowest BCUT2D eigenvalue weighted by Gasteiger charge is -2.20. The molecule has 1 aliphatic rings. The van der Waals surface area contributed by atoms with E-state index in [2.05, 4.69) is 12.2 Å². The zero-order chi connectivity index (χ0) is 12.8. The van der Waals surface area contributed by atoms with Crippen molar-refractivity contribution in [2.45, 2.75) is 39.0 Å². The molecule has 2 unspecified atom stereocenters. The van der Waals surface area contributed by atoms with Crippen LogP contribution in [-0.2, 0) is 6.42 Å². The molecule has 100 valence electrons. The topological polar surface area (TPSA) is 12.0 Å². The summed E-state index contributed by atoms with van der Waals surface area (Å²) in [6.07, 6.45) is 6.34. The van der Waals surface area contributed by atoms with Crippen LogP contribution in [0.2, 0.25) is 0 Å². The fourth-order valence-electron chi connectivity index (χ4n) is 3.04. The first-order valence-corrected chi connectivity index (χ1v) is 7.24. The molecule has 1 aromatic rings. The Labute approximate surface area is 110 Å². The minimum absolute atomic E-state index is 0.133. The van der Waals surface area contributed by atoms with Gasteiger partial charge in [0.1, 0.15) is 5.82 Å². The molecule has 2 rings (SSSR count). The van der Waals surface area contributed by atoms with Crippen LogP contribution in [0, 0.1) is 17.7 Å². The molecule has 1 aliphatic carbocycles. The number of hydrogen-bond donors (Lipinski definition) is 1. The molecule has 1 fully saturated rings. The molecule has 0 aromatic heterocycles. The van der Waals surface area contributed by atoms with Crippen LogP contribution in [0.15, 0.2) is 24.3 Å². The number of halogens is 1. The number of benzene rings is 1. The van der Waals surface area contributed by atoms with E-state index in [1.165, 1.54) is 31.2 Å². The lowest BCUT2D eigenvalue weighted by molar-refractivity contribution is 0.365. The summed E-state index contributed by atoms with van der Waals surface area (Å²) in [5.74, 6) is 1.45. The molecular weight excluding hydrogens is 225 g/mol. The van der Waals surface area contributed by atoms with E-state index in [-0.39, 0.29) is 5.82 Å². The maximum atomic E-state index is 12.9. The predicted molar refractivity (Wildman–Crippen MR) is 74.1 cm³/mol. The zero-order valence-electron chi connectivity index (χ0n) is 11.3. The van der Waals surface area contributed by atoms with Gasteiger partial charge in [-0.3, -0.25) is 0 Å². The molecule has 0 aliphatic heterocycles. The Morgan fingerprint density at radius 2 is 1.89 bits per heavy atom. The lowest BCUT2D eigenvalue weighted by atomic mass is 9.89. The molecule has 0 bridgehead atoms. The summed E-state index contributed by atoms with van der Waals surface area (Å²) in [5.41, 5.74) is 1.28. The van der Waals surface area contributed by atoms with Gasteiger partial charge in [-0.15, -0.1) is 0 Å². The van der Waals surface area contributed by atoms with E-state index in [4.69, 9.17) is 0 Å². The molecule has 1 nitrogen and oxygen atoms in total. The summed E-state index contributed by atoms with van der Waals surface area (Å²) >= 11 is 0. The maximum absolute atomic E-state index is 12.9. The average molecular weight is 249 g/mol. The second-order valence-electron chi connectivity index (χ2n) is 5.49. The van der Waals surface area contributed by atoms with Crippen molar-refractivity contribution >= 4 is 0 Å². The van der Waals surface area contributed by atoms with Crippen LogP contribution in [0.25, 0.3) is 0 Å². The molecule has 0 heterocycles. The van der Waals surface area contributed by atoms with Crippen molar-refractivity contribution in [3.63, 3.8) is 0 Å². The lowest BCUT2D eigenvalue weighted by Crippen LogP contribution is -2.26. The predicted octanol–water partition coefficient (Wildman–Crippen LogP) is 3.78. The van der Waals surface area contributed by atoms with Crippen LogP contribution in [0.5, 0.6) is 0 Å². The number of rotatable bonds is 6. The Bertz CT molecular complexity index is 347. The summed E-state index contributed by atoms with van der Waals surface area (Å²) < 4.78 is 12.9. The van der Waals surface area contributed by atoms with Crippen LogP contribution < -0.4 is 5.32 Å². The van der Waals surface area contributed by atoms with Gasteiger partial charge in [-0.05, 0) is 68.3 Å². The summed E-state index contributed by atoms with van der Waals surface area (Å²) in [6, 6.07) is 7.03. The average Bonchev–Trinajstić information content (AvgIpc) is 2.80. The number of hydrogen-bond acceptors (Lipinski definition) is 1. The van der Waals surface area contributed by atoms with Crippen molar-refractivity contribution in [1.82, 2.24) is 5.32 Å². The van der Waals surface area contributed by atoms with Crippen LogP contribution in [0.4, 0.5) is 4.39 Å². The highest BCUT2D eigenvalue weighted by molar-refractivity contribution is 5.17. The molecule has 2 heteroatoms. The van der Waals surface area contributed by atoms with E-state index in [9.17, 15) is 4.39 Å². The third kappa shape index (κ3) is 3.81. The first-order valence-electron chi connectivity index (χ1n) is 7.24. The van der Waals surface area contributed by atoms with Gasteiger partial charge in [0, 0.05) is 0 Å². The largest absolute Gasteiger partial charge is 0.316 e. The Balaban J connectivity index is 1.85. The first-order chi connectivity index (χ1) is 8.79. The van der Waals surface area contributed by atoms with Crippen molar-refractivity contribution < 1.29 is 4.39 Å². The van der Waals surface area contributed by atoms with E-state index in [1.807, 2.05) is 12.1 Å². The molecule has 0 amide bonds. The third-order valence-electron chi connectivity index (χ3n) is 4.06. The molecule has 0 saturated heterocycles. The Kier molecular flexibility index (Phi) is 5.18. The minimum Gasteiger partial charge on any atom is -0.316 e. The highest BCUT2D eigenvalue weighted by Crippen LogP contribution is 2.33. The zero-order valence-corrected chi connectivity index (χ0v) is 11.3. The van der Waals surface area contributed by atoms with Gasteiger partial charge in [0.15, 0.2) is 0 Å². The molecule has 1 saturated carbocycles. The van der Waals surface area contributed by atoms with Crippen LogP contribution in [0.3, 0.4) is 0 Å². The first kappa shape index (κ1) is 13.5. The summed E-state index contributed by atoms with van der Waals surface area (Å²) in [7, 11) is 0. The molecule has 18 heavy (non-hydrogen) atoms. The van der Waals surface area contributed by atoms with Gasteiger partial charge >= 0.3 is 0 Å². The van der Waals surface area contributed by atoms with Crippen LogP contribution >= 0.6 is 0 Å². The van der Waals surface area contributed by atoms with Gasteiger partial charge in [-0.25, -0.2) is 4.39 Å². The molecule has 1 aromatic carbocycles. The van der Waals surface area contributed by atoms with Crippen molar-refractivity contribution in [3.8, 4) is 0 Å². The van der Waals surface area contributed by atoms with Crippen molar-refractivity contribution in [3.05, 3.63) is 35.6 Å². The quantitative estimate of drug-likeness (QED) is 0.756. The van der Waals surface area contributed by atoms with E-state index in [0.29, 0.717) is 0 Å². The third-order valence-corrected chi connectivity index (χ3v) is 4.06. The molecule has 0 spiro atoms. The molecule has 1 N–H and O–H groups in total. The van der Waals surface area contributed by atoms with Gasteiger partial charge in [-0.1, -0.05) is 25.5 Å². The Morgan fingerprint density at radius 1 is 1.17 bits per heavy atom. The van der Waals surface area contributed by atoms with Gasteiger partial charge in [0.05, 0.1) is 0 Å². The molecule has 0 radical (unpaired) electrons.